The minimum Gasteiger partial charge on any atom is -0.481 e. The summed E-state index contributed by atoms with van der Waals surface area (Å²) in [4.78, 5) is 21.6. The summed E-state index contributed by atoms with van der Waals surface area (Å²) in [6, 6.07) is -0.163. The van der Waals surface area contributed by atoms with Crippen molar-refractivity contribution in [3.05, 3.63) is 11.6 Å². The van der Waals surface area contributed by atoms with E-state index < -0.39 is 5.97 Å². The van der Waals surface area contributed by atoms with E-state index in [0.717, 1.165) is 6.42 Å². The normalized spacial score (nSPS) is 14.1. The van der Waals surface area contributed by atoms with E-state index in [1.165, 1.54) is 24.8 Å². The summed E-state index contributed by atoms with van der Waals surface area (Å²) in [6.07, 6.45) is 8.23. The van der Waals surface area contributed by atoms with Crippen LogP contribution in [0.25, 0.3) is 0 Å². The lowest BCUT2D eigenvalue weighted by atomic mass is 10.2. The Kier molecular flexibility index (Phi) is 6.91. The van der Waals surface area contributed by atoms with Crippen molar-refractivity contribution < 1.29 is 14.7 Å². The summed E-state index contributed by atoms with van der Waals surface area (Å²) in [5.41, 5.74) is 1.44. The summed E-state index contributed by atoms with van der Waals surface area (Å²) in [5, 5.41) is 14.0. The summed E-state index contributed by atoms with van der Waals surface area (Å²) < 4.78 is 0. The number of unbranched alkanes of at least 4 members (excludes halogenated alkanes) is 1. The molecule has 5 heteroatoms. The molecule has 102 valence electrons. The van der Waals surface area contributed by atoms with Gasteiger partial charge in [0.05, 0.1) is 0 Å². The van der Waals surface area contributed by atoms with Crippen molar-refractivity contribution in [2.24, 2.45) is 0 Å². The van der Waals surface area contributed by atoms with Gasteiger partial charge in [0, 0.05) is 19.5 Å². The van der Waals surface area contributed by atoms with Crippen LogP contribution in [0.15, 0.2) is 11.6 Å². The van der Waals surface area contributed by atoms with Gasteiger partial charge in [0.1, 0.15) is 0 Å². The zero-order valence-corrected chi connectivity index (χ0v) is 10.7. The highest BCUT2D eigenvalue weighted by Crippen LogP contribution is 2.19. The molecule has 0 aliphatic heterocycles. The largest absolute Gasteiger partial charge is 0.481 e. The summed E-state index contributed by atoms with van der Waals surface area (Å²) in [6.45, 7) is 1.20. The molecule has 0 radical (unpaired) electrons. The molecule has 5 nitrogen and oxygen atoms in total. The number of hydrogen-bond donors (Lipinski definition) is 3. The lowest BCUT2D eigenvalue weighted by molar-refractivity contribution is -0.137. The molecule has 0 aromatic carbocycles. The fourth-order valence-corrected chi connectivity index (χ4v) is 1.97. The Bertz CT molecular complexity index is 313. The van der Waals surface area contributed by atoms with Gasteiger partial charge in [-0.1, -0.05) is 11.6 Å². The average molecular weight is 254 g/mol. The molecule has 0 bridgehead atoms. The maximum atomic E-state index is 11.4. The van der Waals surface area contributed by atoms with Crippen molar-refractivity contribution in [1.29, 1.82) is 0 Å². The molecule has 1 aliphatic rings. The molecule has 0 spiro atoms. The van der Waals surface area contributed by atoms with E-state index in [4.69, 9.17) is 5.11 Å². The maximum absolute atomic E-state index is 11.4. The standard InChI is InChI=1S/C13H22N2O3/c16-12(17)7-3-4-9-14-13(18)15-10-8-11-5-1-2-6-11/h5H,1-4,6-10H2,(H,16,17)(H2,14,15,18). The Morgan fingerprint density at radius 2 is 2.00 bits per heavy atom. The summed E-state index contributed by atoms with van der Waals surface area (Å²) >= 11 is 0. The fourth-order valence-electron chi connectivity index (χ4n) is 1.97. The van der Waals surface area contributed by atoms with Crippen LogP contribution in [0.1, 0.15) is 44.9 Å². The van der Waals surface area contributed by atoms with Gasteiger partial charge in [-0.3, -0.25) is 4.79 Å². The fraction of sp³-hybridized carbons (Fsp3) is 0.692. The van der Waals surface area contributed by atoms with E-state index in [0.29, 0.717) is 25.9 Å². The first-order valence-corrected chi connectivity index (χ1v) is 6.60. The van der Waals surface area contributed by atoms with Crippen molar-refractivity contribution >= 4 is 12.0 Å². The third-order valence-electron chi connectivity index (χ3n) is 2.97. The lowest BCUT2D eigenvalue weighted by Crippen LogP contribution is -2.36. The van der Waals surface area contributed by atoms with Gasteiger partial charge in [0.15, 0.2) is 0 Å². The van der Waals surface area contributed by atoms with Crippen LogP contribution in [0, 0.1) is 0 Å². The van der Waals surface area contributed by atoms with Gasteiger partial charge in [0.25, 0.3) is 0 Å². The molecule has 2 amide bonds. The minimum atomic E-state index is -0.788. The first-order valence-electron chi connectivity index (χ1n) is 6.60. The molecule has 1 rings (SSSR count). The molecule has 0 aromatic rings. The molecule has 0 unspecified atom stereocenters. The first kappa shape index (κ1) is 14.5. The molecule has 0 atom stereocenters. The molecule has 0 heterocycles. The number of amides is 2. The lowest BCUT2D eigenvalue weighted by Gasteiger charge is -2.07. The van der Waals surface area contributed by atoms with Crippen LogP contribution in [-0.2, 0) is 4.79 Å². The summed E-state index contributed by atoms with van der Waals surface area (Å²) in [7, 11) is 0. The first-order chi connectivity index (χ1) is 8.68. The second-order valence-electron chi connectivity index (χ2n) is 4.54. The van der Waals surface area contributed by atoms with Crippen LogP contribution >= 0.6 is 0 Å². The Hall–Kier alpha value is -1.52. The zero-order chi connectivity index (χ0) is 13.2. The number of carboxylic acids is 1. The van der Waals surface area contributed by atoms with Gasteiger partial charge in [-0.05, 0) is 38.5 Å². The minimum absolute atomic E-state index is 0.163. The van der Waals surface area contributed by atoms with Gasteiger partial charge >= 0.3 is 12.0 Å². The second-order valence-corrected chi connectivity index (χ2v) is 4.54. The number of nitrogens with one attached hydrogen (secondary N) is 2. The second kappa shape index (κ2) is 8.55. The zero-order valence-electron chi connectivity index (χ0n) is 10.7. The van der Waals surface area contributed by atoms with E-state index in [-0.39, 0.29) is 12.5 Å². The third kappa shape index (κ3) is 6.93. The van der Waals surface area contributed by atoms with Crippen LogP contribution in [0.3, 0.4) is 0 Å². The van der Waals surface area contributed by atoms with E-state index in [2.05, 4.69) is 16.7 Å². The molecule has 3 N–H and O–H groups in total. The van der Waals surface area contributed by atoms with Gasteiger partial charge in [0.2, 0.25) is 0 Å². The number of carboxylic acid groups (broad SMARTS) is 1. The van der Waals surface area contributed by atoms with Crippen LogP contribution in [-0.4, -0.2) is 30.2 Å². The van der Waals surface area contributed by atoms with Crippen LogP contribution < -0.4 is 10.6 Å². The molecular weight excluding hydrogens is 232 g/mol. The van der Waals surface area contributed by atoms with E-state index in [9.17, 15) is 9.59 Å². The average Bonchev–Trinajstić information content (AvgIpc) is 2.81. The highest BCUT2D eigenvalue weighted by atomic mass is 16.4. The molecule has 0 saturated heterocycles. The molecular formula is C13H22N2O3. The molecule has 1 aliphatic carbocycles. The Morgan fingerprint density at radius 1 is 1.22 bits per heavy atom. The van der Waals surface area contributed by atoms with Crippen molar-refractivity contribution in [2.75, 3.05) is 13.1 Å². The quantitative estimate of drug-likeness (QED) is 0.458. The molecule has 18 heavy (non-hydrogen) atoms. The topological polar surface area (TPSA) is 78.4 Å². The highest BCUT2D eigenvalue weighted by Gasteiger charge is 2.05. The number of carbonyl (C=O) groups is 2. The van der Waals surface area contributed by atoms with Crippen LogP contribution in [0.2, 0.25) is 0 Å². The van der Waals surface area contributed by atoms with Gasteiger partial charge < -0.3 is 15.7 Å². The smallest absolute Gasteiger partial charge is 0.314 e. The number of aliphatic carboxylic acids is 1. The van der Waals surface area contributed by atoms with Crippen molar-refractivity contribution in [2.45, 2.75) is 44.9 Å². The predicted octanol–water partition coefficient (Wildman–Crippen LogP) is 2.04. The van der Waals surface area contributed by atoms with Crippen molar-refractivity contribution in [1.82, 2.24) is 10.6 Å². The van der Waals surface area contributed by atoms with Crippen molar-refractivity contribution in [3.63, 3.8) is 0 Å². The third-order valence-corrected chi connectivity index (χ3v) is 2.97. The van der Waals surface area contributed by atoms with Gasteiger partial charge in [-0.25, -0.2) is 4.79 Å². The number of urea groups is 1. The van der Waals surface area contributed by atoms with E-state index in [1.54, 1.807) is 0 Å². The molecule has 0 aromatic heterocycles. The van der Waals surface area contributed by atoms with E-state index in [1.807, 2.05) is 0 Å². The maximum Gasteiger partial charge on any atom is 0.314 e. The summed E-state index contributed by atoms with van der Waals surface area (Å²) in [5.74, 6) is -0.788. The monoisotopic (exact) mass is 254 g/mol. The number of hydrogen-bond acceptors (Lipinski definition) is 2. The van der Waals surface area contributed by atoms with Crippen molar-refractivity contribution in [3.8, 4) is 0 Å². The van der Waals surface area contributed by atoms with E-state index >= 15 is 0 Å². The Balaban J connectivity index is 1.92. The SMILES string of the molecule is O=C(O)CCCCNC(=O)NCCC1=CCCC1. The highest BCUT2D eigenvalue weighted by molar-refractivity contribution is 5.73. The Labute approximate surface area is 108 Å². The molecule has 0 fully saturated rings. The van der Waals surface area contributed by atoms with Crippen LogP contribution in [0.4, 0.5) is 4.79 Å². The van der Waals surface area contributed by atoms with Gasteiger partial charge in [-0.2, -0.15) is 0 Å². The Morgan fingerprint density at radius 3 is 2.67 bits per heavy atom. The number of allylic oxidation sites excluding steroid dienone is 1. The number of carbonyl (C=O) groups excluding carboxylic acids is 1. The van der Waals surface area contributed by atoms with Gasteiger partial charge in [-0.15, -0.1) is 0 Å². The predicted molar refractivity (Wildman–Crippen MR) is 69.4 cm³/mol. The van der Waals surface area contributed by atoms with Crippen LogP contribution in [0.5, 0.6) is 0 Å². The molecule has 0 saturated carbocycles. The number of rotatable bonds is 8.